The fourth-order valence-electron chi connectivity index (χ4n) is 2.67. The molecule has 2 aromatic rings. The number of amides is 2. The van der Waals surface area contributed by atoms with Crippen LogP contribution in [0, 0.1) is 0 Å². The van der Waals surface area contributed by atoms with E-state index in [0.29, 0.717) is 29.7 Å². The van der Waals surface area contributed by atoms with Crippen LogP contribution in [0.4, 0.5) is 10.5 Å². The second-order valence-corrected chi connectivity index (χ2v) is 6.42. The monoisotopic (exact) mass is 364 g/mol. The number of aromatic nitrogens is 1. The van der Waals surface area contributed by atoms with Gasteiger partial charge in [0.2, 0.25) is 0 Å². The van der Waals surface area contributed by atoms with Crippen LogP contribution in [0.25, 0.3) is 0 Å². The number of anilines is 1. The van der Waals surface area contributed by atoms with Crippen LogP contribution in [0.5, 0.6) is 0 Å². The highest BCUT2D eigenvalue weighted by Crippen LogP contribution is 2.21. The Hall–Kier alpha value is -1.98. The number of rotatable bonds is 3. The topological polar surface area (TPSA) is 48.5 Å². The minimum absolute atomic E-state index is 0.0737. The molecule has 7 heteroatoms. The minimum Gasteiger partial charge on any atom is -0.368 e. The van der Waals surface area contributed by atoms with Crippen LogP contribution in [0.3, 0.4) is 0 Å². The number of urea groups is 1. The van der Waals surface area contributed by atoms with Crippen molar-refractivity contribution in [3.05, 3.63) is 58.3 Å². The molecule has 1 saturated heterocycles. The highest BCUT2D eigenvalue weighted by atomic mass is 35.5. The zero-order chi connectivity index (χ0) is 16.9. The summed E-state index contributed by atoms with van der Waals surface area (Å²) in [5.41, 5.74) is 1.99. The first kappa shape index (κ1) is 16.9. The van der Waals surface area contributed by atoms with Crippen molar-refractivity contribution in [1.82, 2.24) is 15.2 Å². The van der Waals surface area contributed by atoms with E-state index >= 15 is 0 Å². The molecule has 1 N–H and O–H groups in total. The van der Waals surface area contributed by atoms with Gasteiger partial charge in [-0.25, -0.2) is 4.79 Å². The van der Waals surface area contributed by atoms with Crippen molar-refractivity contribution < 1.29 is 4.79 Å². The van der Waals surface area contributed by atoms with Gasteiger partial charge in [-0.2, -0.15) is 0 Å². The van der Waals surface area contributed by atoms with Crippen molar-refractivity contribution in [3.8, 4) is 0 Å². The maximum absolute atomic E-state index is 12.3. The van der Waals surface area contributed by atoms with Crippen LogP contribution < -0.4 is 10.2 Å². The van der Waals surface area contributed by atoms with Gasteiger partial charge in [-0.05, 0) is 29.8 Å². The van der Waals surface area contributed by atoms with E-state index in [1.807, 2.05) is 23.1 Å². The fraction of sp³-hybridized carbons (Fsp3) is 0.294. The average Bonchev–Trinajstić information content (AvgIpc) is 2.62. The van der Waals surface area contributed by atoms with E-state index in [0.717, 1.165) is 24.3 Å². The lowest BCUT2D eigenvalue weighted by molar-refractivity contribution is 0.194. The maximum atomic E-state index is 12.3. The predicted molar refractivity (Wildman–Crippen MR) is 96.7 cm³/mol. The van der Waals surface area contributed by atoms with E-state index in [1.54, 1.807) is 24.5 Å². The quantitative estimate of drug-likeness (QED) is 0.907. The Balaban J connectivity index is 1.50. The van der Waals surface area contributed by atoms with Gasteiger partial charge in [-0.15, -0.1) is 0 Å². The van der Waals surface area contributed by atoms with Crippen LogP contribution >= 0.6 is 23.2 Å². The number of hydrogen-bond acceptors (Lipinski definition) is 3. The zero-order valence-corrected chi connectivity index (χ0v) is 14.6. The molecule has 0 atom stereocenters. The molecule has 2 heterocycles. The summed E-state index contributed by atoms with van der Waals surface area (Å²) in [5, 5.41) is 4.06. The molecule has 3 rings (SSSR count). The van der Waals surface area contributed by atoms with E-state index in [1.165, 1.54) is 0 Å². The van der Waals surface area contributed by atoms with Gasteiger partial charge in [0.05, 0.1) is 0 Å². The number of hydrogen-bond donors (Lipinski definition) is 1. The highest BCUT2D eigenvalue weighted by molar-refractivity contribution is 6.35. The molecule has 0 saturated carbocycles. The molecule has 1 aromatic heterocycles. The molecule has 1 aromatic carbocycles. The van der Waals surface area contributed by atoms with Crippen molar-refractivity contribution in [3.63, 3.8) is 0 Å². The van der Waals surface area contributed by atoms with Crippen molar-refractivity contribution in [2.45, 2.75) is 6.54 Å². The summed E-state index contributed by atoms with van der Waals surface area (Å²) < 4.78 is 0. The summed E-state index contributed by atoms with van der Waals surface area (Å²) in [5.74, 6) is 0. The fourth-order valence-corrected chi connectivity index (χ4v) is 3.15. The lowest BCUT2D eigenvalue weighted by Gasteiger charge is -2.36. The molecule has 0 spiro atoms. The summed E-state index contributed by atoms with van der Waals surface area (Å²) in [6.07, 6.45) is 3.56. The van der Waals surface area contributed by atoms with Crippen LogP contribution in [0.2, 0.25) is 10.0 Å². The van der Waals surface area contributed by atoms with Crippen LogP contribution in [-0.2, 0) is 6.54 Å². The SMILES string of the molecule is O=C(NCc1ccc(Cl)cc1Cl)N1CCN(c2ccncc2)CC1. The molecule has 5 nitrogen and oxygen atoms in total. The lowest BCUT2D eigenvalue weighted by atomic mass is 10.2. The lowest BCUT2D eigenvalue weighted by Crippen LogP contribution is -2.51. The third-order valence-corrected chi connectivity index (χ3v) is 4.63. The molecule has 0 bridgehead atoms. The second-order valence-electron chi connectivity index (χ2n) is 5.57. The molecule has 1 aliphatic rings. The summed E-state index contributed by atoms with van der Waals surface area (Å²) in [6.45, 7) is 3.36. The molecule has 0 unspecified atom stereocenters. The molecule has 1 fully saturated rings. The zero-order valence-electron chi connectivity index (χ0n) is 13.1. The largest absolute Gasteiger partial charge is 0.368 e. The Bertz CT molecular complexity index is 703. The van der Waals surface area contributed by atoms with Gasteiger partial charge in [-0.3, -0.25) is 4.98 Å². The molecular weight excluding hydrogens is 347 g/mol. The van der Waals surface area contributed by atoms with Gasteiger partial charge in [0.15, 0.2) is 0 Å². The van der Waals surface area contributed by atoms with Gasteiger partial charge in [-0.1, -0.05) is 29.3 Å². The number of benzene rings is 1. The summed E-state index contributed by atoms with van der Waals surface area (Å²) in [7, 11) is 0. The average molecular weight is 365 g/mol. The minimum atomic E-state index is -0.0737. The molecule has 0 radical (unpaired) electrons. The van der Waals surface area contributed by atoms with Gasteiger partial charge in [0.25, 0.3) is 0 Å². The third-order valence-electron chi connectivity index (χ3n) is 4.04. The second kappa shape index (κ2) is 7.73. The van der Waals surface area contributed by atoms with E-state index < -0.39 is 0 Å². The molecule has 0 aliphatic carbocycles. The molecule has 2 amide bonds. The number of carbonyl (C=O) groups excluding carboxylic acids is 1. The van der Waals surface area contributed by atoms with Gasteiger partial charge >= 0.3 is 6.03 Å². The normalized spacial score (nSPS) is 14.6. The van der Waals surface area contributed by atoms with Crippen molar-refractivity contribution in [2.24, 2.45) is 0 Å². The van der Waals surface area contributed by atoms with E-state index in [-0.39, 0.29) is 6.03 Å². The number of carbonyl (C=O) groups is 1. The summed E-state index contributed by atoms with van der Waals surface area (Å²) >= 11 is 12.0. The van der Waals surface area contributed by atoms with Crippen LogP contribution in [-0.4, -0.2) is 42.1 Å². The number of piperazine rings is 1. The first-order valence-electron chi connectivity index (χ1n) is 7.75. The Morgan fingerprint density at radius 1 is 1.08 bits per heavy atom. The first-order chi connectivity index (χ1) is 11.6. The van der Waals surface area contributed by atoms with E-state index in [9.17, 15) is 4.79 Å². The number of nitrogens with one attached hydrogen (secondary N) is 1. The van der Waals surface area contributed by atoms with Crippen LogP contribution in [0.15, 0.2) is 42.7 Å². The predicted octanol–water partition coefficient (Wildman–Crippen LogP) is 3.42. The van der Waals surface area contributed by atoms with Gasteiger partial charge < -0.3 is 15.1 Å². The Morgan fingerprint density at radius 2 is 1.79 bits per heavy atom. The van der Waals surface area contributed by atoms with Gasteiger partial charge in [0.1, 0.15) is 0 Å². The van der Waals surface area contributed by atoms with Gasteiger partial charge in [0, 0.05) is 60.9 Å². The summed E-state index contributed by atoms with van der Waals surface area (Å²) in [4.78, 5) is 20.4. The standard InChI is InChI=1S/C17H18Cl2N4O/c18-14-2-1-13(16(19)11-14)12-21-17(24)23-9-7-22(8-10-23)15-3-5-20-6-4-15/h1-6,11H,7-10,12H2,(H,21,24). The Morgan fingerprint density at radius 3 is 2.46 bits per heavy atom. The first-order valence-corrected chi connectivity index (χ1v) is 8.51. The van der Waals surface area contributed by atoms with Crippen molar-refractivity contribution in [1.29, 1.82) is 0 Å². The summed E-state index contributed by atoms with van der Waals surface area (Å²) in [6, 6.07) is 9.17. The maximum Gasteiger partial charge on any atom is 0.317 e. The Kier molecular flexibility index (Phi) is 5.43. The smallest absolute Gasteiger partial charge is 0.317 e. The Labute approximate surface area is 151 Å². The van der Waals surface area contributed by atoms with Crippen LogP contribution in [0.1, 0.15) is 5.56 Å². The molecular formula is C17H18Cl2N4O. The molecule has 24 heavy (non-hydrogen) atoms. The van der Waals surface area contributed by atoms with E-state index in [4.69, 9.17) is 23.2 Å². The molecule has 1 aliphatic heterocycles. The number of pyridine rings is 1. The number of halogens is 2. The van der Waals surface area contributed by atoms with E-state index in [2.05, 4.69) is 15.2 Å². The highest BCUT2D eigenvalue weighted by Gasteiger charge is 2.21. The molecule has 126 valence electrons. The third kappa shape index (κ3) is 4.10. The van der Waals surface area contributed by atoms with Crippen molar-refractivity contribution >= 4 is 34.9 Å². The number of nitrogens with zero attached hydrogens (tertiary/aromatic N) is 3. The van der Waals surface area contributed by atoms with Crippen molar-refractivity contribution in [2.75, 3.05) is 31.1 Å².